The van der Waals surface area contributed by atoms with Gasteiger partial charge in [0.25, 0.3) is 0 Å². The fourth-order valence-corrected chi connectivity index (χ4v) is 4.51. The molecule has 0 radical (unpaired) electrons. The van der Waals surface area contributed by atoms with E-state index >= 15 is 0 Å². The number of rotatable bonds is 9. The molecule has 0 saturated carbocycles. The van der Waals surface area contributed by atoms with E-state index in [4.69, 9.17) is 13.2 Å². The molecule has 0 saturated heterocycles. The van der Waals surface area contributed by atoms with Crippen LogP contribution in [0.3, 0.4) is 0 Å². The quantitative estimate of drug-likeness (QED) is 0.326. The van der Waals surface area contributed by atoms with E-state index in [9.17, 15) is 0 Å². The summed E-state index contributed by atoms with van der Waals surface area (Å²) in [5.41, 5.74) is 4.88. The van der Waals surface area contributed by atoms with Crippen LogP contribution in [0.5, 0.6) is 28.7 Å². The van der Waals surface area contributed by atoms with Crippen LogP contribution in [-0.4, -0.2) is 15.8 Å². The summed E-state index contributed by atoms with van der Waals surface area (Å²) in [5, 5.41) is 0. The van der Waals surface area contributed by atoms with Crippen LogP contribution in [0.4, 0.5) is 0 Å². The Kier molecular flexibility index (Phi) is 7.86. The molecule has 0 atom stereocenters. The van der Waals surface area contributed by atoms with E-state index in [1.54, 1.807) is 0 Å². The molecule has 30 heavy (non-hydrogen) atoms. The molecular formula is C26H32GeO3. The van der Waals surface area contributed by atoms with Crippen LogP contribution in [0.15, 0.2) is 54.6 Å². The minimum atomic E-state index is -0.935. The third kappa shape index (κ3) is 6.05. The van der Waals surface area contributed by atoms with Gasteiger partial charge >= 0.3 is 161 Å². The SMILES string of the molecule is CCc1cc(C)cc(Oc2cc(CC)cc(Oc3cc(CC)cc([O][GeH2][CH3])c3)c2)c1. The molecule has 0 aromatic heterocycles. The third-order valence-corrected chi connectivity index (χ3v) is 6.30. The van der Waals surface area contributed by atoms with Crippen molar-refractivity contribution >= 4 is 15.8 Å². The maximum absolute atomic E-state index is 6.26. The molecule has 0 bridgehead atoms. The molecule has 0 unspecified atom stereocenters. The second-order valence-corrected chi connectivity index (χ2v) is 9.29. The van der Waals surface area contributed by atoms with E-state index in [2.05, 4.69) is 75.9 Å². The molecule has 0 spiro atoms. The molecule has 4 heteroatoms. The molecular weight excluding hydrogens is 433 g/mol. The molecule has 0 aliphatic rings. The van der Waals surface area contributed by atoms with Gasteiger partial charge in [-0.15, -0.1) is 0 Å². The monoisotopic (exact) mass is 466 g/mol. The molecule has 3 rings (SSSR count). The molecule has 3 nitrogen and oxygen atoms in total. The number of ether oxygens (including phenoxy) is 2. The van der Waals surface area contributed by atoms with Crippen LogP contribution in [0.1, 0.15) is 43.0 Å². The summed E-state index contributed by atoms with van der Waals surface area (Å²) in [4.78, 5) is 0. The first kappa shape index (κ1) is 22.3. The van der Waals surface area contributed by atoms with Crippen molar-refractivity contribution in [3.8, 4) is 28.7 Å². The summed E-state index contributed by atoms with van der Waals surface area (Å²) in [6, 6.07) is 18.7. The third-order valence-electron chi connectivity index (χ3n) is 5.00. The molecule has 0 N–H and O–H groups in total. The fraction of sp³-hybridized carbons (Fsp3) is 0.308. The molecule has 0 aliphatic heterocycles. The van der Waals surface area contributed by atoms with Gasteiger partial charge in [0.1, 0.15) is 0 Å². The van der Waals surface area contributed by atoms with Crippen molar-refractivity contribution < 1.29 is 13.2 Å². The Morgan fingerprint density at radius 1 is 0.567 bits per heavy atom. The summed E-state index contributed by atoms with van der Waals surface area (Å²) in [7, 11) is 0. The topological polar surface area (TPSA) is 27.7 Å². The Labute approximate surface area is 187 Å². The zero-order valence-electron chi connectivity index (χ0n) is 18.7. The van der Waals surface area contributed by atoms with Gasteiger partial charge < -0.3 is 0 Å². The van der Waals surface area contributed by atoms with Gasteiger partial charge in [-0.25, -0.2) is 0 Å². The van der Waals surface area contributed by atoms with Crippen LogP contribution in [0.2, 0.25) is 5.76 Å². The van der Waals surface area contributed by atoms with Crippen LogP contribution < -0.4 is 13.2 Å². The predicted octanol–water partition coefficient (Wildman–Crippen LogP) is 6.78. The first-order chi connectivity index (χ1) is 14.5. The van der Waals surface area contributed by atoms with Crippen LogP contribution in [-0.2, 0) is 19.3 Å². The maximum atomic E-state index is 6.26. The minimum absolute atomic E-state index is 0.782. The number of hydrogen-bond acceptors (Lipinski definition) is 3. The Hall–Kier alpha value is -2.40. The number of hydrogen-bond donors (Lipinski definition) is 0. The Bertz CT molecular complexity index is 998. The van der Waals surface area contributed by atoms with Crippen molar-refractivity contribution in [3.63, 3.8) is 0 Å². The van der Waals surface area contributed by atoms with Gasteiger partial charge in [-0.1, -0.05) is 13.0 Å². The first-order valence-electron chi connectivity index (χ1n) is 10.9. The van der Waals surface area contributed by atoms with E-state index in [-0.39, 0.29) is 0 Å². The van der Waals surface area contributed by atoms with Crippen molar-refractivity contribution in [2.75, 3.05) is 0 Å². The summed E-state index contributed by atoms with van der Waals surface area (Å²) >= 11 is -0.935. The van der Waals surface area contributed by atoms with E-state index in [1.807, 2.05) is 12.1 Å². The fourth-order valence-electron chi connectivity index (χ4n) is 3.46. The molecule has 0 fully saturated rings. The van der Waals surface area contributed by atoms with Crippen molar-refractivity contribution in [1.82, 2.24) is 0 Å². The van der Waals surface area contributed by atoms with Gasteiger partial charge in [0.15, 0.2) is 0 Å². The van der Waals surface area contributed by atoms with Crippen LogP contribution >= 0.6 is 0 Å². The molecule has 0 amide bonds. The Morgan fingerprint density at radius 3 is 1.43 bits per heavy atom. The summed E-state index contributed by atoms with van der Waals surface area (Å²) in [6.07, 6.45) is 2.84. The van der Waals surface area contributed by atoms with Crippen molar-refractivity contribution in [2.45, 2.75) is 52.7 Å². The Morgan fingerprint density at radius 2 is 0.967 bits per heavy atom. The Balaban J connectivity index is 1.90. The zero-order valence-corrected chi connectivity index (χ0v) is 21.7. The standard InChI is InChI=1S/C26H32GeO3/c1-6-19-9-18(4)10-22(11-19)28-23-12-20(7-2)13-24(16-23)29-25-14-21(8-3)15-26(17-25)30-27-5/h9-17H,6-8,27H2,1-5H3. The average Bonchev–Trinajstić information content (AvgIpc) is 2.73. The summed E-state index contributed by atoms with van der Waals surface area (Å²) in [6.45, 7) is 8.55. The molecule has 3 aromatic rings. The van der Waals surface area contributed by atoms with Gasteiger partial charge in [0.05, 0.1) is 0 Å². The predicted molar refractivity (Wildman–Crippen MR) is 127 cm³/mol. The van der Waals surface area contributed by atoms with Gasteiger partial charge in [-0.3, -0.25) is 0 Å². The molecule has 0 aliphatic carbocycles. The molecule has 0 heterocycles. The normalized spacial score (nSPS) is 11.1. The number of aryl methyl sites for hydroxylation is 4. The van der Waals surface area contributed by atoms with Crippen molar-refractivity contribution in [3.05, 3.63) is 76.9 Å². The zero-order chi connectivity index (χ0) is 21.5. The van der Waals surface area contributed by atoms with Gasteiger partial charge in [-0.2, -0.15) is 0 Å². The molecule has 158 valence electrons. The second kappa shape index (κ2) is 10.6. The van der Waals surface area contributed by atoms with E-state index in [1.165, 1.54) is 22.3 Å². The molecule has 3 aromatic carbocycles. The average molecular weight is 465 g/mol. The van der Waals surface area contributed by atoms with E-state index < -0.39 is 15.8 Å². The van der Waals surface area contributed by atoms with E-state index in [0.717, 1.165) is 48.0 Å². The van der Waals surface area contributed by atoms with Gasteiger partial charge in [0, 0.05) is 0 Å². The van der Waals surface area contributed by atoms with Crippen LogP contribution in [0.25, 0.3) is 0 Å². The number of benzene rings is 3. The summed E-state index contributed by atoms with van der Waals surface area (Å²) < 4.78 is 18.4. The van der Waals surface area contributed by atoms with E-state index in [0.29, 0.717) is 0 Å². The first-order valence-corrected chi connectivity index (χ1v) is 15.1. The van der Waals surface area contributed by atoms with Crippen molar-refractivity contribution in [2.24, 2.45) is 0 Å². The van der Waals surface area contributed by atoms with Crippen molar-refractivity contribution in [1.29, 1.82) is 0 Å². The summed E-state index contributed by atoms with van der Waals surface area (Å²) in [5.74, 6) is 6.35. The van der Waals surface area contributed by atoms with Crippen LogP contribution in [0, 0.1) is 6.92 Å². The van der Waals surface area contributed by atoms with Gasteiger partial charge in [0.2, 0.25) is 0 Å². The van der Waals surface area contributed by atoms with Gasteiger partial charge in [-0.05, 0) is 13.3 Å². The second-order valence-electron chi connectivity index (χ2n) is 7.48.